The highest BCUT2D eigenvalue weighted by Gasteiger charge is 2.87. The lowest BCUT2D eigenvalue weighted by Gasteiger charge is -2.38. The van der Waals surface area contributed by atoms with E-state index in [4.69, 9.17) is 0 Å². The van der Waals surface area contributed by atoms with Gasteiger partial charge < -0.3 is 4.74 Å². The molecule has 0 saturated carbocycles. The molecule has 0 N–H and O–H groups in total. The molecule has 0 aliphatic heterocycles. The van der Waals surface area contributed by atoms with E-state index >= 15 is 0 Å². The topological polar surface area (TPSA) is 9.23 Å². The molecule has 1 nitrogen and oxygen atoms in total. The molecule has 0 amide bonds. The van der Waals surface area contributed by atoms with Crippen LogP contribution in [0, 0.1) is 0 Å². The molecule has 0 fully saturated rings. The summed E-state index contributed by atoms with van der Waals surface area (Å²) < 4.78 is 137. The molecule has 0 radical (unpaired) electrons. The summed E-state index contributed by atoms with van der Waals surface area (Å²) in [6.45, 7) is -1.01. The minimum Gasteiger partial charge on any atom is -0.334 e. The van der Waals surface area contributed by atoms with E-state index in [1.54, 1.807) is 0 Å². The molecule has 0 aliphatic rings. The van der Waals surface area contributed by atoms with Crippen LogP contribution in [0.5, 0.6) is 0 Å². The summed E-state index contributed by atoms with van der Waals surface area (Å²) in [5, 5.41) is 0. The SMILES string of the molecule is CCOC(F)(C(F)(F)F)C(F)(F)C(F)(F)C(F)(F)F. The average Bonchev–Trinajstić information content (AvgIpc) is 2.13. The molecule has 0 aliphatic carbocycles. The van der Waals surface area contributed by atoms with Crippen LogP contribution in [0.15, 0.2) is 0 Å². The predicted molar refractivity (Wildman–Crippen MR) is 37.5 cm³/mol. The number of hydrogen-bond acceptors (Lipinski definition) is 1. The lowest BCUT2D eigenvalue weighted by atomic mass is 10.0. The van der Waals surface area contributed by atoms with E-state index in [0.29, 0.717) is 6.92 Å². The highest BCUT2D eigenvalue weighted by molar-refractivity contribution is 5.04. The first kappa shape index (κ1) is 18.2. The number of ether oxygens (including phenoxy) is 1. The Morgan fingerprint density at radius 1 is 0.632 bits per heavy atom. The van der Waals surface area contributed by atoms with Gasteiger partial charge >= 0.3 is 30.1 Å². The van der Waals surface area contributed by atoms with E-state index in [9.17, 15) is 48.3 Å². The van der Waals surface area contributed by atoms with E-state index in [1.807, 2.05) is 0 Å². The van der Waals surface area contributed by atoms with Crippen LogP contribution in [0.2, 0.25) is 0 Å². The third kappa shape index (κ3) is 2.58. The van der Waals surface area contributed by atoms with Crippen LogP contribution in [-0.2, 0) is 4.74 Å². The van der Waals surface area contributed by atoms with E-state index in [-0.39, 0.29) is 0 Å². The van der Waals surface area contributed by atoms with E-state index in [1.165, 1.54) is 0 Å². The second-order valence-electron chi connectivity index (χ2n) is 3.17. The predicted octanol–water partition coefficient (Wildman–Crippen LogP) is 4.08. The molecule has 0 aromatic carbocycles. The number of hydrogen-bond donors (Lipinski definition) is 0. The summed E-state index contributed by atoms with van der Waals surface area (Å²) in [7, 11) is 0. The van der Waals surface area contributed by atoms with Gasteiger partial charge in [0.15, 0.2) is 0 Å². The molecule has 116 valence electrons. The van der Waals surface area contributed by atoms with Crippen LogP contribution in [0.3, 0.4) is 0 Å². The van der Waals surface area contributed by atoms with Crippen molar-refractivity contribution in [3.63, 3.8) is 0 Å². The Morgan fingerprint density at radius 3 is 1.21 bits per heavy atom. The Hall–Kier alpha value is -0.810. The Bertz CT molecular complexity index is 316. The van der Waals surface area contributed by atoms with Crippen LogP contribution >= 0.6 is 0 Å². The molecule has 0 bridgehead atoms. The van der Waals surface area contributed by atoms with Crippen molar-refractivity contribution in [3.05, 3.63) is 0 Å². The molecule has 1 atom stereocenters. The zero-order valence-corrected chi connectivity index (χ0v) is 8.77. The van der Waals surface area contributed by atoms with Gasteiger partial charge in [-0.05, 0) is 6.92 Å². The molecule has 0 spiro atoms. The highest BCUT2D eigenvalue weighted by atomic mass is 19.4. The van der Waals surface area contributed by atoms with Crippen molar-refractivity contribution in [2.24, 2.45) is 0 Å². The first-order valence-electron chi connectivity index (χ1n) is 4.28. The number of halogens is 11. The fourth-order valence-corrected chi connectivity index (χ4v) is 0.929. The van der Waals surface area contributed by atoms with Gasteiger partial charge in [-0.3, -0.25) is 0 Å². The molecule has 0 heterocycles. The fraction of sp³-hybridized carbons (Fsp3) is 1.00. The highest BCUT2D eigenvalue weighted by Crippen LogP contribution is 2.57. The van der Waals surface area contributed by atoms with Crippen molar-refractivity contribution >= 4 is 0 Å². The van der Waals surface area contributed by atoms with Crippen LogP contribution < -0.4 is 0 Å². The van der Waals surface area contributed by atoms with Crippen LogP contribution in [0.25, 0.3) is 0 Å². The Kier molecular flexibility index (Phi) is 4.43. The summed E-state index contributed by atoms with van der Waals surface area (Å²) in [4.78, 5) is 0. The van der Waals surface area contributed by atoms with Gasteiger partial charge in [-0.1, -0.05) is 0 Å². The molecule has 0 rings (SSSR count). The van der Waals surface area contributed by atoms with Crippen LogP contribution in [-0.4, -0.2) is 36.7 Å². The average molecular weight is 314 g/mol. The maximum absolute atomic E-state index is 13.0. The molecule has 12 heteroatoms. The van der Waals surface area contributed by atoms with Gasteiger partial charge in [0.25, 0.3) is 0 Å². The largest absolute Gasteiger partial charge is 0.460 e. The molecular weight excluding hydrogens is 309 g/mol. The zero-order chi connectivity index (χ0) is 15.9. The molecular formula is C7H5F11O. The first-order chi connectivity index (χ1) is 8.06. The smallest absolute Gasteiger partial charge is 0.334 e. The normalized spacial score (nSPS) is 18.3. The van der Waals surface area contributed by atoms with E-state index < -0.39 is 36.7 Å². The summed E-state index contributed by atoms with van der Waals surface area (Å²) in [5.41, 5.74) is 0. The Labute approximate surface area is 97.9 Å². The van der Waals surface area contributed by atoms with Gasteiger partial charge in [0.05, 0.1) is 0 Å². The third-order valence-corrected chi connectivity index (χ3v) is 1.86. The van der Waals surface area contributed by atoms with Crippen molar-refractivity contribution in [2.75, 3.05) is 6.61 Å². The van der Waals surface area contributed by atoms with Gasteiger partial charge in [-0.15, -0.1) is 0 Å². The van der Waals surface area contributed by atoms with Crippen LogP contribution in [0.4, 0.5) is 48.3 Å². The summed E-state index contributed by atoms with van der Waals surface area (Å²) in [6.07, 6.45) is -13.9. The van der Waals surface area contributed by atoms with Gasteiger partial charge in [-0.25, -0.2) is 0 Å². The van der Waals surface area contributed by atoms with Crippen LogP contribution in [0.1, 0.15) is 6.92 Å². The molecule has 0 saturated heterocycles. The molecule has 1 unspecified atom stereocenters. The van der Waals surface area contributed by atoms with Crippen molar-refractivity contribution in [3.8, 4) is 0 Å². The van der Waals surface area contributed by atoms with E-state index in [0.717, 1.165) is 0 Å². The van der Waals surface area contributed by atoms with Gasteiger partial charge in [0, 0.05) is 6.61 Å². The Balaban J connectivity index is 5.96. The molecule has 0 aromatic rings. The second-order valence-corrected chi connectivity index (χ2v) is 3.17. The quantitative estimate of drug-likeness (QED) is 0.710. The first-order valence-corrected chi connectivity index (χ1v) is 4.28. The lowest BCUT2D eigenvalue weighted by Crippen LogP contribution is -2.68. The maximum atomic E-state index is 13.0. The number of alkyl halides is 11. The summed E-state index contributed by atoms with van der Waals surface area (Å²) >= 11 is 0. The van der Waals surface area contributed by atoms with Gasteiger partial charge in [-0.2, -0.15) is 48.3 Å². The van der Waals surface area contributed by atoms with Crippen molar-refractivity contribution in [2.45, 2.75) is 37.0 Å². The van der Waals surface area contributed by atoms with Gasteiger partial charge in [0.1, 0.15) is 0 Å². The van der Waals surface area contributed by atoms with Crippen molar-refractivity contribution in [1.82, 2.24) is 0 Å². The number of rotatable bonds is 4. The minimum absolute atomic E-state index is 0.502. The monoisotopic (exact) mass is 314 g/mol. The fourth-order valence-electron chi connectivity index (χ4n) is 0.929. The summed E-state index contributed by atoms with van der Waals surface area (Å²) in [5.74, 6) is -21.0. The Morgan fingerprint density at radius 2 is 1.00 bits per heavy atom. The second kappa shape index (κ2) is 4.63. The lowest BCUT2D eigenvalue weighted by molar-refractivity contribution is -0.463. The van der Waals surface area contributed by atoms with Gasteiger partial charge in [0.2, 0.25) is 0 Å². The summed E-state index contributed by atoms with van der Waals surface area (Å²) in [6, 6.07) is 0. The minimum atomic E-state index is -7.28. The standard InChI is InChI=1S/C7H5F11O/c1-2-19-5(12,7(16,17)18)3(8,9)4(10,11)6(13,14)15/h2H2,1H3. The van der Waals surface area contributed by atoms with Crippen molar-refractivity contribution in [1.29, 1.82) is 0 Å². The van der Waals surface area contributed by atoms with Crippen molar-refractivity contribution < 1.29 is 53.0 Å². The molecule has 0 aromatic heterocycles. The maximum Gasteiger partial charge on any atom is 0.460 e. The van der Waals surface area contributed by atoms with E-state index in [2.05, 4.69) is 4.74 Å². The zero-order valence-electron chi connectivity index (χ0n) is 8.77. The molecule has 19 heavy (non-hydrogen) atoms. The third-order valence-electron chi connectivity index (χ3n) is 1.86.